The first-order valence-corrected chi connectivity index (χ1v) is 6.55. The van der Waals surface area contributed by atoms with Crippen molar-refractivity contribution in [3.8, 4) is 0 Å². The average Bonchev–Trinajstić information content (AvgIpc) is 2.37. The molecule has 1 saturated heterocycles. The van der Waals surface area contributed by atoms with Gasteiger partial charge in [0.1, 0.15) is 12.1 Å². The molecule has 3 amide bonds. The summed E-state index contributed by atoms with van der Waals surface area (Å²) in [7, 11) is 0. The van der Waals surface area contributed by atoms with Gasteiger partial charge in [-0.3, -0.25) is 4.79 Å². The minimum absolute atomic E-state index is 0.221. The molecule has 1 unspecified atom stereocenters. The van der Waals surface area contributed by atoms with E-state index in [4.69, 9.17) is 5.11 Å². The van der Waals surface area contributed by atoms with Crippen molar-refractivity contribution in [2.75, 3.05) is 13.1 Å². The number of carboxylic acid groups (broad SMARTS) is 1. The number of amides is 3. The molecule has 1 rings (SSSR count). The van der Waals surface area contributed by atoms with Gasteiger partial charge in [-0.05, 0) is 13.3 Å². The summed E-state index contributed by atoms with van der Waals surface area (Å²) in [6, 6.07) is -1.97. The number of nitrogens with one attached hydrogen (secondary N) is 2. The van der Waals surface area contributed by atoms with Crippen LogP contribution >= 0.6 is 0 Å². The summed E-state index contributed by atoms with van der Waals surface area (Å²) in [6.45, 7) is 4.36. The normalized spacial score (nSPS) is 20.6. The molecule has 3 N–H and O–H groups in total. The Labute approximate surface area is 112 Å². The van der Waals surface area contributed by atoms with E-state index in [1.165, 1.54) is 4.90 Å². The molecule has 7 nitrogen and oxygen atoms in total. The topological polar surface area (TPSA) is 98.7 Å². The maximum Gasteiger partial charge on any atom is 0.326 e. The third-order valence-electron chi connectivity index (χ3n) is 3.20. The molecule has 0 radical (unpaired) electrons. The Morgan fingerprint density at radius 3 is 2.84 bits per heavy atom. The number of rotatable bonds is 5. The predicted octanol–water partition coefficient (Wildman–Crippen LogP) is 0.160. The van der Waals surface area contributed by atoms with Crippen LogP contribution in [-0.4, -0.2) is 53.1 Å². The van der Waals surface area contributed by atoms with Gasteiger partial charge < -0.3 is 20.6 Å². The number of hydrogen-bond acceptors (Lipinski definition) is 3. The van der Waals surface area contributed by atoms with E-state index in [0.717, 1.165) is 12.8 Å². The Balaban J connectivity index is 2.60. The van der Waals surface area contributed by atoms with Crippen LogP contribution in [0.5, 0.6) is 0 Å². The smallest absolute Gasteiger partial charge is 0.326 e. The summed E-state index contributed by atoms with van der Waals surface area (Å²) in [5.41, 5.74) is 0. The molecule has 1 fully saturated rings. The van der Waals surface area contributed by atoms with E-state index in [9.17, 15) is 14.4 Å². The summed E-state index contributed by atoms with van der Waals surface area (Å²) in [5, 5.41) is 14.2. The van der Waals surface area contributed by atoms with Crippen molar-refractivity contribution < 1.29 is 19.5 Å². The van der Waals surface area contributed by atoms with Crippen molar-refractivity contribution in [2.24, 2.45) is 0 Å². The maximum atomic E-state index is 12.0. The number of carbonyl (C=O) groups is 3. The highest BCUT2D eigenvalue weighted by Crippen LogP contribution is 2.07. The molecule has 1 heterocycles. The highest BCUT2D eigenvalue weighted by molar-refractivity contribution is 5.89. The van der Waals surface area contributed by atoms with E-state index in [2.05, 4.69) is 10.6 Å². The van der Waals surface area contributed by atoms with Crippen molar-refractivity contribution in [1.29, 1.82) is 0 Å². The summed E-state index contributed by atoms with van der Waals surface area (Å²) in [5.74, 6) is -1.27. The lowest BCUT2D eigenvalue weighted by Gasteiger charge is -2.33. The number of urea groups is 1. The number of nitrogens with zero attached hydrogens (tertiary/aromatic N) is 1. The van der Waals surface area contributed by atoms with E-state index < -0.39 is 24.1 Å². The fraction of sp³-hybridized carbons (Fsp3) is 0.750. The van der Waals surface area contributed by atoms with Crippen molar-refractivity contribution >= 4 is 17.9 Å². The van der Waals surface area contributed by atoms with Gasteiger partial charge in [-0.2, -0.15) is 0 Å². The van der Waals surface area contributed by atoms with E-state index in [1.54, 1.807) is 6.92 Å². The summed E-state index contributed by atoms with van der Waals surface area (Å²) < 4.78 is 0. The summed E-state index contributed by atoms with van der Waals surface area (Å²) in [4.78, 5) is 35.9. The van der Waals surface area contributed by atoms with Gasteiger partial charge in [0.25, 0.3) is 0 Å². The van der Waals surface area contributed by atoms with Crippen molar-refractivity contribution in [2.45, 2.75) is 45.2 Å². The highest BCUT2D eigenvalue weighted by Gasteiger charge is 2.31. The van der Waals surface area contributed by atoms with Crippen LogP contribution in [0, 0.1) is 0 Å². The second kappa shape index (κ2) is 6.96. The number of piperazine rings is 1. The first-order chi connectivity index (χ1) is 8.97. The van der Waals surface area contributed by atoms with Crippen LogP contribution in [0.4, 0.5) is 4.79 Å². The first kappa shape index (κ1) is 15.3. The number of unbranched alkanes of at least 4 members (excludes halogenated alkanes) is 1. The fourth-order valence-electron chi connectivity index (χ4n) is 1.96. The van der Waals surface area contributed by atoms with Crippen molar-refractivity contribution in [3.05, 3.63) is 0 Å². The lowest BCUT2D eigenvalue weighted by Crippen LogP contribution is -2.59. The third kappa shape index (κ3) is 4.11. The summed E-state index contributed by atoms with van der Waals surface area (Å²) in [6.07, 6.45) is 1.99. The standard InChI is InChI=1S/C12H21N3O4/c1-3-4-5-9(11(17)18)14-12(19)15-7-6-13-10(16)8(15)2/h8-9H,3-7H2,1-2H3,(H,13,16)(H,14,19)(H,17,18)/t8?,9-/m0/s1. The molecule has 7 heteroatoms. The molecule has 19 heavy (non-hydrogen) atoms. The largest absolute Gasteiger partial charge is 0.480 e. The number of carbonyl (C=O) groups excluding carboxylic acids is 2. The van der Waals surface area contributed by atoms with Crippen molar-refractivity contribution in [1.82, 2.24) is 15.5 Å². The van der Waals surface area contributed by atoms with Gasteiger partial charge in [0.2, 0.25) is 5.91 Å². The lowest BCUT2D eigenvalue weighted by molar-refractivity contribution is -0.139. The van der Waals surface area contributed by atoms with E-state index >= 15 is 0 Å². The molecule has 108 valence electrons. The Morgan fingerprint density at radius 1 is 1.58 bits per heavy atom. The zero-order chi connectivity index (χ0) is 14.4. The highest BCUT2D eigenvalue weighted by atomic mass is 16.4. The molecule has 0 bridgehead atoms. The van der Waals surface area contributed by atoms with Gasteiger partial charge >= 0.3 is 12.0 Å². The van der Waals surface area contributed by atoms with Gasteiger partial charge in [-0.15, -0.1) is 0 Å². The van der Waals surface area contributed by atoms with Gasteiger partial charge in [-0.25, -0.2) is 9.59 Å². The molecule has 0 aromatic heterocycles. The minimum Gasteiger partial charge on any atom is -0.480 e. The Hall–Kier alpha value is -1.79. The van der Waals surface area contributed by atoms with E-state index in [1.807, 2.05) is 6.92 Å². The van der Waals surface area contributed by atoms with Crippen LogP contribution in [0.25, 0.3) is 0 Å². The lowest BCUT2D eigenvalue weighted by atomic mass is 10.1. The molecule has 0 saturated carbocycles. The Morgan fingerprint density at radius 2 is 2.26 bits per heavy atom. The Kier molecular flexibility index (Phi) is 5.59. The van der Waals surface area contributed by atoms with Gasteiger partial charge in [0, 0.05) is 13.1 Å². The summed E-state index contributed by atoms with van der Waals surface area (Å²) >= 11 is 0. The minimum atomic E-state index is -1.05. The molecule has 0 spiro atoms. The van der Waals surface area contributed by atoms with Crippen LogP contribution in [0.2, 0.25) is 0 Å². The molecule has 0 aliphatic carbocycles. The number of aliphatic carboxylic acids is 1. The monoisotopic (exact) mass is 271 g/mol. The van der Waals surface area contributed by atoms with Crippen LogP contribution < -0.4 is 10.6 Å². The van der Waals surface area contributed by atoms with Crippen LogP contribution in [0.1, 0.15) is 33.1 Å². The van der Waals surface area contributed by atoms with E-state index in [-0.39, 0.29) is 5.91 Å². The van der Waals surface area contributed by atoms with Crippen molar-refractivity contribution in [3.63, 3.8) is 0 Å². The molecule has 1 aliphatic heterocycles. The molecular formula is C12H21N3O4. The zero-order valence-electron chi connectivity index (χ0n) is 11.3. The number of carboxylic acids is 1. The quantitative estimate of drug-likeness (QED) is 0.663. The molecule has 0 aromatic rings. The fourth-order valence-corrected chi connectivity index (χ4v) is 1.96. The maximum absolute atomic E-state index is 12.0. The molecular weight excluding hydrogens is 250 g/mol. The average molecular weight is 271 g/mol. The van der Waals surface area contributed by atoms with Crippen LogP contribution in [0.3, 0.4) is 0 Å². The van der Waals surface area contributed by atoms with Gasteiger partial charge in [0.05, 0.1) is 0 Å². The second-order valence-electron chi connectivity index (χ2n) is 4.64. The molecule has 0 aromatic carbocycles. The van der Waals surface area contributed by atoms with E-state index in [0.29, 0.717) is 19.5 Å². The van der Waals surface area contributed by atoms with Crippen LogP contribution in [0.15, 0.2) is 0 Å². The zero-order valence-corrected chi connectivity index (χ0v) is 11.3. The van der Waals surface area contributed by atoms with Gasteiger partial charge in [0.15, 0.2) is 0 Å². The third-order valence-corrected chi connectivity index (χ3v) is 3.20. The van der Waals surface area contributed by atoms with Crippen LogP contribution in [-0.2, 0) is 9.59 Å². The number of hydrogen-bond donors (Lipinski definition) is 3. The molecule has 2 atom stereocenters. The first-order valence-electron chi connectivity index (χ1n) is 6.55. The molecule has 1 aliphatic rings. The SMILES string of the molecule is CCCC[C@H](NC(=O)N1CCNC(=O)C1C)C(=O)O. The second-order valence-corrected chi connectivity index (χ2v) is 4.64. The predicted molar refractivity (Wildman–Crippen MR) is 68.7 cm³/mol. The van der Waals surface area contributed by atoms with Gasteiger partial charge in [-0.1, -0.05) is 19.8 Å². The Bertz CT molecular complexity index is 359.